The molecule has 2 aliphatic heterocycles. The van der Waals surface area contributed by atoms with Crippen LogP contribution < -0.4 is 0 Å². The van der Waals surface area contributed by atoms with Crippen molar-refractivity contribution < 1.29 is 0 Å². The molecule has 3 heteroatoms. The third-order valence-electron chi connectivity index (χ3n) is 4.62. The molecule has 3 nitrogen and oxygen atoms in total. The van der Waals surface area contributed by atoms with Crippen LogP contribution in [0.25, 0.3) is 0 Å². The summed E-state index contributed by atoms with van der Waals surface area (Å²) in [5.74, 6) is 0. The van der Waals surface area contributed by atoms with Crippen LogP contribution in [0.15, 0.2) is 24.3 Å². The van der Waals surface area contributed by atoms with Crippen LogP contribution in [-0.4, -0.2) is 42.0 Å². The molecular weight excluding hydrogens is 246 g/mol. The van der Waals surface area contributed by atoms with Crippen molar-refractivity contribution in [2.24, 2.45) is 0 Å². The molecule has 3 rings (SSSR count). The van der Waals surface area contributed by atoms with Crippen LogP contribution in [0.3, 0.4) is 0 Å². The van der Waals surface area contributed by atoms with E-state index < -0.39 is 0 Å². The van der Waals surface area contributed by atoms with Crippen molar-refractivity contribution in [2.75, 3.05) is 26.2 Å². The molecule has 0 saturated carbocycles. The maximum absolute atomic E-state index is 8.96. The Morgan fingerprint density at radius 2 is 2.00 bits per heavy atom. The standard InChI is InChI=1S/C17H23N3/c18-12-15-5-4-6-16(11-15)13-19-10-7-17(14-19)20-8-2-1-3-9-20/h4-6,11,17H,1-3,7-10,13-14H2/t17-/m1/s1. The number of benzene rings is 1. The Bertz CT molecular complexity index is 485. The maximum atomic E-state index is 8.96. The van der Waals surface area contributed by atoms with Gasteiger partial charge >= 0.3 is 0 Å². The molecule has 0 aromatic heterocycles. The molecular formula is C17H23N3. The minimum Gasteiger partial charge on any atom is -0.299 e. The molecule has 0 spiro atoms. The Morgan fingerprint density at radius 1 is 1.15 bits per heavy atom. The fourth-order valence-electron chi connectivity index (χ4n) is 3.53. The average Bonchev–Trinajstić information content (AvgIpc) is 2.97. The average molecular weight is 269 g/mol. The molecule has 0 bridgehead atoms. The summed E-state index contributed by atoms with van der Waals surface area (Å²) in [6.07, 6.45) is 5.47. The van der Waals surface area contributed by atoms with E-state index in [1.165, 1.54) is 57.4 Å². The van der Waals surface area contributed by atoms with Crippen molar-refractivity contribution in [3.63, 3.8) is 0 Å². The first kappa shape index (κ1) is 13.6. The Kier molecular flexibility index (Phi) is 4.34. The molecule has 2 fully saturated rings. The SMILES string of the molecule is N#Cc1cccc(CN2CC[C@@H](N3CCCCC3)C2)c1. The Balaban J connectivity index is 1.55. The van der Waals surface area contributed by atoms with Crippen molar-refractivity contribution in [2.45, 2.75) is 38.3 Å². The van der Waals surface area contributed by atoms with E-state index in [1.807, 2.05) is 18.2 Å². The van der Waals surface area contributed by atoms with Gasteiger partial charge in [0.25, 0.3) is 0 Å². The number of nitrogens with zero attached hydrogens (tertiary/aromatic N) is 3. The lowest BCUT2D eigenvalue weighted by atomic mass is 10.1. The first-order chi connectivity index (χ1) is 9.85. The van der Waals surface area contributed by atoms with Gasteiger partial charge in [0.15, 0.2) is 0 Å². The van der Waals surface area contributed by atoms with Crippen LogP contribution in [0.5, 0.6) is 0 Å². The largest absolute Gasteiger partial charge is 0.299 e. The molecule has 1 aromatic carbocycles. The van der Waals surface area contributed by atoms with E-state index in [1.54, 1.807) is 0 Å². The summed E-state index contributed by atoms with van der Waals surface area (Å²) in [5.41, 5.74) is 2.04. The van der Waals surface area contributed by atoms with E-state index in [2.05, 4.69) is 21.9 Å². The zero-order valence-corrected chi connectivity index (χ0v) is 12.1. The normalized spacial score (nSPS) is 24.6. The van der Waals surface area contributed by atoms with Gasteiger partial charge in [0, 0.05) is 25.7 Å². The van der Waals surface area contributed by atoms with Crippen molar-refractivity contribution in [1.82, 2.24) is 9.80 Å². The summed E-state index contributed by atoms with van der Waals surface area (Å²) in [5, 5.41) is 8.96. The van der Waals surface area contributed by atoms with Gasteiger partial charge in [0.2, 0.25) is 0 Å². The smallest absolute Gasteiger partial charge is 0.0991 e. The van der Waals surface area contributed by atoms with Crippen molar-refractivity contribution in [3.8, 4) is 6.07 Å². The number of nitriles is 1. The molecule has 0 N–H and O–H groups in total. The van der Waals surface area contributed by atoms with Crippen molar-refractivity contribution in [3.05, 3.63) is 35.4 Å². The summed E-state index contributed by atoms with van der Waals surface area (Å²) in [4.78, 5) is 5.23. The van der Waals surface area contributed by atoms with Crippen LogP contribution >= 0.6 is 0 Å². The summed E-state index contributed by atoms with van der Waals surface area (Å²) in [6, 6.07) is 11.0. The van der Waals surface area contributed by atoms with Gasteiger partial charge in [-0.25, -0.2) is 0 Å². The lowest BCUT2D eigenvalue weighted by Gasteiger charge is -2.32. The summed E-state index contributed by atoms with van der Waals surface area (Å²) >= 11 is 0. The number of hydrogen-bond donors (Lipinski definition) is 0. The molecule has 2 heterocycles. The summed E-state index contributed by atoms with van der Waals surface area (Å²) in [7, 11) is 0. The second-order valence-corrected chi connectivity index (χ2v) is 6.09. The zero-order valence-electron chi connectivity index (χ0n) is 12.1. The zero-order chi connectivity index (χ0) is 13.8. The summed E-state index contributed by atoms with van der Waals surface area (Å²) < 4.78 is 0. The fourth-order valence-corrected chi connectivity index (χ4v) is 3.53. The molecule has 0 amide bonds. The highest BCUT2D eigenvalue weighted by molar-refractivity contribution is 5.32. The van der Waals surface area contributed by atoms with E-state index in [4.69, 9.17) is 5.26 Å². The number of likely N-dealkylation sites (tertiary alicyclic amines) is 2. The molecule has 1 aromatic rings. The van der Waals surface area contributed by atoms with Crippen LogP contribution in [0.4, 0.5) is 0 Å². The van der Waals surface area contributed by atoms with Crippen LogP contribution in [0, 0.1) is 11.3 Å². The van der Waals surface area contributed by atoms with Crippen molar-refractivity contribution in [1.29, 1.82) is 5.26 Å². The van der Waals surface area contributed by atoms with E-state index >= 15 is 0 Å². The highest BCUT2D eigenvalue weighted by atomic mass is 15.3. The third kappa shape index (κ3) is 3.20. The predicted octanol–water partition coefficient (Wildman–Crippen LogP) is 2.62. The van der Waals surface area contributed by atoms with Crippen LogP contribution in [0.1, 0.15) is 36.8 Å². The number of rotatable bonds is 3. The van der Waals surface area contributed by atoms with Gasteiger partial charge in [0.1, 0.15) is 0 Å². The van der Waals surface area contributed by atoms with Crippen LogP contribution in [-0.2, 0) is 6.54 Å². The summed E-state index contributed by atoms with van der Waals surface area (Å²) in [6.45, 7) is 5.96. The maximum Gasteiger partial charge on any atom is 0.0991 e. The fraction of sp³-hybridized carbons (Fsp3) is 0.588. The van der Waals surface area contributed by atoms with Gasteiger partial charge in [0.05, 0.1) is 11.6 Å². The highest BCUT2D eigenvalue weighted by Crippen LogP contribution is 2.21. The molecule has 0 unspecified atom stereocenters. The number of piperidine rings is 1. The van der Waals surface area contributed by atoms with Crippen molar-refractivity contribution >= 4 is 0 Å². The third-order valence-corrected chi connectivity index (χ3v) is 4.62. The first-order valence-electron chi connectivity index (χ1n) is 7.80. The van der Waals surface area contributed by atoms with E-state index in [0.29, 0.717) is 0 Å². The monoisotopic (exact) mass is 269 g/mol. The van der Waals surface area contributed by atoms with Gasteiger partial charge < -0.3 is 0 Å². The molecule has 20 heavy (non-hydrogen) atoms. The van der Waals surface area contributed by atoms with Gasteiger partial charge in [-0.3, -0.25) is 9.80 Å². The minimum atomic E-state index is 0.759. The van der Waals surface area contributed by atoms with Gasteiger partial charge in [-0.05, 0) is 50.0 Å². The van der Waals surface area contributed by atoms with E-state index in [9.17, 15) is 0 Å². The first-order valence-corrected chi connectivity index (χ1v) is 7.80. The second-order valence-electron chi connectivity index (χ2n) is 6.09. The Labute approximate surface area is 121 Å². The van der Waals surface area contributed by atoms with Gasteiger partial charge in [-0.1, -0.05) is 18.6 Å². The molecule has 1 atom stereocenters. The van der Waals surface area contributed by atoms with Gasteiger partial charge in [-0.15, -0.1) is 0 Å². The molecule has 106 valence electrons. The van der Waals surface area contributed by atoms with E-state index in [-0.39, 0.29) is 0 Å². The molecule has 2 saturated heterocycles. The minimum absolute atomic E-state index is 0.759. The Morgan fingerprint density at radius 3 is 2.80 bits per heavy atom. The highest BCUT2D eigenvalue weighted by Gasteiger charge is 2.28. The topological polar surface area (TPSA) is 30.3 Å². The van der Waals surface area contributed by atoms with E-state index in [0.717, 1.165) is 18.2 Å². The van der Waals surface area contributed by atoms with Gasteiger partial charge in [-0.2, -0.15) is 5.26 Å². The predicted molar refractivity (Wildman–Crippen MR) is 80.3 cm³/mol. The second kappa shape index (κ2) is 6.39. The van der Waals surface area contributed by atoms with Crippen LogP contribution in [0.2, 0.25) is 0 Å². The lowest BCUT2D eigenvalue weighted by molar-refractivity contribution is 0.161. The molecule has 0 aliphatic carbocycles. The number of hydrogen-bond acceptors (Lipinski definition) is 3. The Hall–Kier alpha value is -1.37. The lowest BCUT2D eigenvalue weighted by Crippen LogP contribution is -2.40. The molecule has 0 radical (unpaired) electrons. The molecule has 2 aliphatic rings. The quantitative estimate of drug-likeness (QED) is 0.845.